The zero-order valence-electron chi connectivity index (χ0n) is 11.4. The second-order valence-corrected chi connectivity index (χ2v) is 5.19. The molecule has 21 heavy (non-hydrogen) atoms. The van der Waals surface area contributed by atoms with Gasteiger partial charge in [0.05, 0.1) is 16.3 Å². The summed E-state index contributed by atoms with van der Waals surface area (Å²) in [6.07, 6.45) is 0.670. The second kappa shape index (κ2) is 7.25. The second-order valence-electron chi connectivity index (χ2n) is 4.34. The number of amides is 1. The van der Waals surface area contributed by atoms with Crippen molar-refractivity contribution in [2.24, 2.45) is 5.10 Å². The van der Waals surface area contributed by atoms with Gasteiger partial charge in [-0.05, 0) is 36.2 Å². The maximum absolute atomic E-state index is 12.1. The van der Waals surface area contributed by atoms with Crippen LogP contribution in [-0.4, -0.2) is 11.6 Å². The van der Waals surface area contributed by atoms with Gasteiger partial charge in [-0.25, -0.2) is 5.43 Å². The van der Waals surface area contributed by atoms with Gasteiger partial charge in [0.1, 0.15) is 0 Å². The Bertz CT molecular complexity index is 683. The van der Waals surface area contributed by atoms with Gasteiger partial charge in [-0.3, -0.25) is 4.79 Å². The van der Waals surface area contributed by atoms with Crippen LogP contribution in [0.5, 0.6) is 0 Å². The molecule has 0 fully saturated rings. The van der Waals surface area contributed by atoms with Crippen molar-refractivity contribution in [1.29, 1.82) is 0 Å². The Balaban J connectivity index is 2.19. The van der Waals surface area contributed by atoms with E-state index in [0.29, 0.717) is 22.0 Å². The lowest BCUT2D eigenvalue weighted by atomic mass is 10.1. The Hall–Kier alpha value is -1.84. The summed E-state index contributed by atoms with van der Waals surface area (Å²) >= 11 is 11.9. The van der Waals surface area contributed by atoms with E-state index in [1.54, 1.807) is 30.3 Å². The summed E-state index contributed by atoms with van der Waals surface area (Å²) in [6, 6.07) is 14.2. The molecule has 0 spiro atoms. The number of carbonyl (C=O) groups excluding carboxylic acids is 1. The minimum absolute atomic E-state index is 0.339. The molecule has 0 aromatic heterocycles. The minimum Gasteiger partial charge on any atom is -0.267 e. The zero-order chi connectivity index (χ0) is 15.2. The minimum atomic E-state index is -0.339. The average Bonchev–Trinajstić information content (AvgIpc) is 2.48. The van der Waals surface area contributed by atoms with Gasteiger partial charge < -0.3 is 0 Å². The van der Waals surface area contributed by atoms with Crippen LogP contribution in [0.15, 0.2) is 53.6 Å². The highest BCUT2D eigenvalue weighted by Gasteiger charge is 2.09. The van der Waals surface area contributed by atoms with Crippen LogP contribution in [0, 0.1) is 0 Å². The van der Waals surface area contributed by atoms with E-state index in [9.17, 15) is 4.79 Å². The van der Waals surface area contributed by atoms with Crippen LogP contribution in [0.1, 0.15) is 29.3 Å². The van der Waals surface area contributed by atoms with Crippen LogP contribution in [0.3, 0.4) is 0 Å². The Morgan fingerprint density at radius 2 is 1.90 bits per heavy atom. The maximum Gasteiger partial charge on any atom is 0.272 e. The largest absolute Gasteiger partial charge is 0.272 e. The van der Waals surface area contributed by atoms with Gasteiger partial charge in [-0.2, -0.15) is 5.10 Å². The van der Waals surface area contributed by atoms with Gasteiger partial charge in [-0.15, -0.1) is 0 Å². The molecule has 0 atom stereocenters. The number of hydrazone groups is 1. The quantitative estimate of drug-likeness (QED) is 0.652. The van der Waals surface area contributed by atoms with Gasteiger partial charge in [0.15, 0.2) is 0 Å². The Labute approximate surface area is 133 Å². The van der Waals surface area contributed by atoms with Crippen molar-refractivity contribution in [2.45, 2.75) is 13.3 Å². The topological polar surface area (TPSA) is 41.5 Å². The predicted molar refractivity (Wildman–Crippen MR) is 87.2 cm³/mol. The van der Waals surface area contributed by atoms with Crippen molar-refractivity contribution in [1.82, 2.24) is 5.43 Å². The van der Waals surface area contributed by atoms with E-state index in [0.717, 1.165) is 11.3 Å². The first-order valence-electron chi connectivity index (χ1n) is 6.49. The molecule has 1 amide bonds. The Kier molecular flexibility index (Phi) is 5.37. The first-order valence-corrected chi connectivity index (χ1v) is 7.24. The van der Waals surface area contributed by atoms with Crippen molar-refractivity contribution >= 4 is 34.8 Å². The van der Waals surface area contributed by atoms with Crippen LogP contribution >= 0.6 is 23.2 Å². The van der Waals surface area contributed by atoms with E-state index in [2.05, 4.69) is 10.5 Å². The summed E-state index contributed by atoms with van der Waals surface area (Å²) in [5, 5.41) is 5.20. The van der Waals surface area contributed by atoms with Crippen molar-refractivity contribution in [3.63, 3.8) is 0 Å². The van der Waals surface area contributed by atoms with E-state index in [4.69, 9.17) is 23.2 Å². The summed E-state index contributed by atoms with van der Waals surface area (Å²) in [4.78, 5) is 12.1. The number of halogens is 2. The molecule has 2 aromatic carbocycles. The fourth-order valence-corrected chi connectivity index (χ4v) is 2.25. The molecule has 0 radical (unpaired) electrons. The third-order valence-electron chi connectivity index (χ3n) is 2.90. The smallest absolute Gasteiger partial charge is 0.267 e. The molecule has 3 nitrogen and oxygen atoms in total. The van der Waals surface area contributed by atoms with Crippen molar-refractivity contribution in [3.05, 3.63) is 69.7 Å². The molecule has 0 aliphatic heterocycles. The van der Waals surface area contributed by atoms with Crippen molar-refractivity contribution in [2.75, 3.05) is 0 Å². The molecular weight excluding hydrogens is 307 g/mol. The summed E-state index contributed by atoms with van der Waals surface area (Å²) in [6.45, 7) is 1.96. The zero-order valence-corrected chi connectivity index (χ0v) is 12.9. The summed E-state index contributed by atoms with van der Waals surface area (Å²) < 4.78 is 0. The number of nitrogens with one attached hydrogen (secondary N) is 1. The molecule has 0 aliphatic carbocycles. The number of hydrogen-bond donors (Lipinski definition) is 1. The fraction of sp³-hybridized carbons (Fsp3) is 0.125. The maximum atomic E-state index is 12.1. The molecule has 1 N–H and O–H groups in total. The fourth-order valence-electron chi connectivity index (χ4n) is 1.84. The van der Waals surface area contributed by atoms with Gasteiger partial charge in [0.2, 0.25) is 0 Å². The number of benzene rings is 2. The number of hydrogen-bond acceptors (Lipinski definition) is 2. The van der Waals surface area contributed by atoms with Crippen LogP contribution in [0.4, 0.5) is 0 Å². The van der Waals surface area contributed by atoms with Gasteiger partial charge >= 0.3 is 0 Å². The number of rotatable bonds is 4. The van der Waals surface area contributed by atoms with Gasteiger partial charge in [0, 0.05) is 5.02 Å². The SMILES string of the molecule is CCC(=NNC(=O)c1ccccc1Cl)c1cccc(Cl)c1. The third kappa shape index (κ3) is 4.06. The summed E-state index contributed by atoms with van der Waals surface area (Å²) in [5.41, 5.74) is 4.55. The molecule has 5 heteroatoms. The number of carbonyl (C=O) groups is 1. The van der Waals surface area contributed by atoms with Crippen LogP contribution in [0.25, 0.3) is 0 Å². The van der Waals surface area contributed by atoms with Crippen molar-refractivity contribution < 1.29 is 4.79 Å². The van der Waals surface area contributed by atoms with E-state index in [1.165, 1.54) is 0 Å². The molecule has 0 bridgehead atoms. The Morgan fingerprint density at radius 1 is 1.14 bits per heavy atom. The first kappa shape index (κ1) is 15.5. The number of nitrogens with zero attached hydrogens (tertiary/aromatic N) is 1. The van der Waals surface area contributed by atoms with E-state index >= 15 is 0 Å². The predicted octanol–water partition coefficient (Wildman–Crippen LogP) is 4.54. The third-order valence-corrected chi connectivity index (χ3v) is 3.47. The summed E-state index contributed by atoms with van der Waals surface area (Å²) in [7, 11) is 0. The van der Waals surface area contributed by atoms with Gasteiger partial charge in [-0.1, -0.05) is 54.4 Å². The van der Waals surface area contributed by atoms with E-state index in [1.807, 2.05) is 25.1 Å². The van der Waals surface area contributed by atoms with Crippen LogP contribution in [0.2, 0.25) is 10.0 Å². The Morgan fingerprint density at radius 3 is 2.57 bits per heavy atom. The standard InChI is InChI=1S/C16H14Cl2N2O/c1-2-15(11-6-5-7-12(17)10-11)19-20-16(21)13-8-3-4-9-14(13)18/h3-10H,2H2,1H3,(H,20,21). The molecule has 0 saturated heterocycles. The van der Waals surface area contributed by atoms with Crippen molar-refractivity contribution in [3.8, 4) is 0 Å². The molecule has 0 unspecified atom stereocenters. The molecular formula is C16H14Cl2N2O. The average molecular weight is 321 g/mol. The highest BCUT2D eigenvalue weighted by molar-refractivity contribution is 6.33. The molecule has 0 aliphatic rings. The first-order chi connectivity index (χ1) is 10.1. The van der Waals surface area contributed by atoms with Crippen LogP contribution < -0.4 is 5.43 Å². The van der Waals surface area contributed by atoms with E-state index in [-0.39, 0.29) is 5.91 Å². The molecule has 2 rings (SSSR count). The lowest BCUT2D eigenvalue weighted by molar-refractivity contribution is 0.0955. The van der Waals surface area contributed by atoms with Gasteiger partial charge in [0.25, 0.3) is 5.91 Å². The summed E-state index contributed by atoms with van der Waals surface area (Å²) in [5.74, 6) is -0.339. The molecule has 2 aromatic rings. The lowest BCUT2D eigenvalue weighted by Gasteiger charge is -2.06. The van der Waals surface area contributed by atoms with Crippen LogP contribution in [-0.2, 0) is 0 Å². The monoisotopic (exact) mass is 320 g/mol. The highest BCUT2D eigenvalue weighted by Crippen LogP contribution is 2.15. The molecule has 0 heterocycles. The molecule has 108 valence electrons. The normalized spacial score (nSPS) is 11.3. The van der Waals surface area contributed by atoms with E-state index < -0.39 is 0 Å². The molecule has 0 saturated carbocycles. The highest BCUT2D eigenvalue weighted by atomic mass is 35.5. The lowest BCUT2D eigenvalue weighted by Crippen LogP contribution is -2.20.